The lowest BCUT2D eigenvalue weighted by Crippen LogP contribution is -2.39. The van der Waals surface area contributed by atoms with Gasteiger partial charge >= 0.3 is 11.8 Å². The lowest BCUT2D eigenvalue weighted by molar-refractivity contribution is -0.134. The molecule has 0 unspecified atom stereocenters. The summed E-state index contributed by atoms with van der Waals surface area (Å²) in [5, 5.41) is 13.9. The number of hydrogen-bond donors (Lipinski definition) is 2. The first-order valence-electron chi connectivity index (χ1n) is 8.00. The second-order valence-electron chi connectivity index (χ2n) is 5.52. The lowest BCUT2D eigenvalue weighted by atomic mass is 10.1. The predicted molar refractivity (Wildman–Crippen MR) is 98.7 cm³/mol. The summed E-state index contributed by atoms with van der Waals surface area (Å²) in [6, 6.07) is 19.3. The molecule has 0 atom stereocenters. The zero-order chi connectivity index (χ0) is 17.8. The van der Waals surface area contributed by atoms with Crippen molar-refractivity contribution in [3.8, 4) is 5.75 Å². The molecule has 0 spiro atoms. The Morgan fingerprint density at radius 1 is 0.920 bits per heavy atom. The highest BCUT2D eigenvalue weighted by Gasteiger charge is 2.22. The zero-order valence-corrected chi connectivity index (χ0v) is 13.8. The van der Waals surface area contributed by atoms with Gasteiger partial charge in [-0.25, -0.2) is 0 Å². The number of aromatic hydroxyl groups is 1. The SMILES string of the molecule is CCN(C(=O)C(=O)Nc1cccc2c(O)cccc12)c1ccccc1. The lowest BCUT2D eigenvalue weighted by Gasteiger charge is -2.20. The van der Waals surface area contributed by atoms with Crippen molar-refractivity contribution in [3.63, 3.8) is 0 Å². The van der Waals surface area contributed by atoms with E-state index in [0.717, 1.165) is 0 Å². The fraction of sp³-hybridized carbons (Fsp3) is 0.100. The van der Waals surface area contributed by atoms with Crippen molar-refractivity contribution in [2.75, 3.05) is 16.8 Å². The van der Waals surface area contributed by atoms with Crippen LogP contribution in [0.25, 0.3) is 10.8 Å². The van der Waals surface area contributed by atoms with Gasteiger partial charge in [-0.15, -0.1) is 0 Å². The van der Waals surface area contributed by atoms with Crippen LogP contribution in [-0.2, 0) is 9.59 Å². The number of benzene rings is 3. The molecular weight excluding hydrogens is 316 g/mol. The number of para-hydroxylation sites is 1. The third kappa shape index (κ3) is 3.30. The average Bonchev–Trinajstić information content (AvgIpc) is 2.64. The van der Waals surface area contributed by atoms with E-state index in [-0.39, 0.29) is 5.75 Å². The van der Waals surface area contributed by atoms with Crippen LogP contribution in [0.4, 0.5) is 11.4 Å². The van der Waals surface area contributed by atoms with Crippen molar-refractivity contribution < 1.29 is 14.7 Å². The van der Waals surface area contributed by atoms with Crippen LogP contribution >= 0.6 is 0 Å². The van der Waals surface area contributed by atoms with E-state index in [9.17, 15) is 14.7 Å². The maximum Gasteiger partial charge on any atom is 0.316 e. The number of phenolic OH excluding ortho intramolecular Hbond substituents is 1. The van der Waals surface area contributed by atoms with Crippen molar-refractivity contribution in [1.29, 1.82) is 0 Å². The van der Waals surface area contributed by atoms with Crippen molar-refractivity contribution >= 4 is 34.0 Å². The molecule has 0 fully saturated rings. The van der Waals surface area contributed by atoms with E-state index in [4.69, 9.17) is 0 Å². The molecule has 0 aliphatic rings. The molecule has 3 aromatic carbocycles. The third-order valence-electron chi connectivity index (χ3n) is 3.97. The Balaban J connectivity index is 1.87. The fourth-order valence-corrected chi connectivity index (χ4v) is 2.75. The minimum absolute atomic E-state index is 0.124. The maximum absolute atomic E-state index is 12.5. The van der Waals surface area contributed by atoms with Gasteiger partial charge in [0.15, 0.2) is 0 Å². The van der Waals surface area contributed by atoms with Crippen LogP contribution in [0, 0.1) is 0 Å². The van der Waals surface area contributed by atoms with Crippen LogP contribution in [0.2, 0.25) is 0 Å². The van der Waals surface area contributed by atoms with E-state index in [2.05, 4.69) is 5.32 Å². The van der Waals surface area contributed by atoms with Gasteiger partial charge in [0.2, 0.25) is 0 Å². The molecule has 0 bridgehead atoms. The van der Waals surface area contributed by atoms with Gasteiger partial charge in [-0.1, -0.05) is 42.5 Å². The summed E-state index contributed by atoms with van der Waals surface area (Å²) < 4.78 is 0. The van der Waals surface area contributed by atoms with E-state index in [1.54, 1.807) is 48.5 Å². The van der Waals surface area contributed by atoms with Crippen LogP contribution in [0.1, 0.15) is 6.92 Å². The van der Waals surface area contributed by atoms with Gasteiger partial charge in [0.05, 0.1) is 0 Å². The number of carbonyl (C=O) groups is 2. The smallest absolute Gasteiger partial charge is 0.316 e. The van der Waals surface area contributed by atoms with Gasteiger partial charge in [-0.05, 0) is 31.2 Å². The Morgan fingerprint density at radius 3 is 2.32 bits per heavy atom. The van der Waals surface area contributed by atoms with E-state index < -0.39 is 11.8 Å². The van der Waals surface area contributed by atoms with Crippen molar-refractivity contribution in [3.05, 3.63) is 66.7 Å². The number of likely N-dealkylation sites (N-methyl/N-ethyl adjacent to an activating group) is 1. The number of nitrogens with one attached hydrogen (secondary N) is 1. The first-order chi connectivity index (χ1) is 12.1. The van der Waals surface area contributed by atoms with Crippen LogP contribution in [-0.4, -0.2) is 23.5 Å². The zero-order valence-electron chi connectivity index (χ0n) is 13.8. The standard InChI is InChI=1S/C20H18N2O3/c1-2-22(14-8-4-3-5-9-14)20(25)19(24)21-17-12-6-11-16-15(17)10-7-13-18(16)23/h3-13,23H,2H2,1H3,(H,21,24). The fourth-order valence-electron chi connectivity index (χ4n) is 2.75. The molecule has 126 valence electrons. The summed E-state index contributed by atoms with van der Waals surface area (Å²) in [6.45, 7) is 2.20. The summed E-state index contributed by atoms with van der Waals surface area (Å²) in [6.07, 6.45) is 0. The highest BCUT2D eigenvalue weighted by Crippen LogP contribution is 2.29. The van der Waals surface area contributed by atoms with Gasteiger partial charge in [0.1, 0.15) is 5.75 Å². The average molecular weight is 334 g/mol. The van der Waals surface area contributed by atoms with Gasteiger partial charge < -0.3 is 15.3 Å². The molecular formula is C20H18N2O3. The number of phenols is 1. The summed E-state index contributed by atoms with van der Waals surface area (Å²) >= 11 is 0. The molecule has 0 heterocycles. The van der Waals surface area contributed by atoms with Crippen LogP contribution < -0.4 is 10.2 Å². The van der Waals surface area contributed by atoms with Gasteiger partial charge in [0.25, 0.3) is 0 Å². The van der Waals surface area contributed by atoms with Crippen LogP contribution in [0.5, 0.6) is 5.75 Å². The summed E-state index contributed by atoms with van der Waals surface area (Å²) in [7, 11) is 0. The molecule has 5 heteroatoms. The third-order valence-corrected chi connectivity index (χ3v) is 3.97. The molecule has 0 aliphatic carbocycles. The molecule has 2 N–H and O–H groups in total. The second-order valence-corrected chi connectivity index (χ2v) is 5.52. The molecule has 0 aromatic heterocycles. The van der Waals surface area contributed by atoms with Crippen molar-refractivity contribution in [1.82, 2.24) is 0 Å². The summed E-state index contributed by atoms with van der Waals surface area (Å²) in [4.78, 5) is 26.4. The Hall–Kier alpha value is -3.34. The van der Waals surface area contributed by atoms with Gasteiger partial charge in [-0.3, -0.25) is 9.59 Å². The molecule has 0 saturated carbocycles. The monoisotopic (exact) mass is 334 g/mol. The molecule has 25 heavy (non-hydrogen) atoms. The maximum atomic E-state index is 12.5. The molecule has 0 saturated heterocycles. The number of carbonyl (C=O) groups excluding carboxylic acids is 2. The first kappa shape index (κ1) is 16.5. The number of amides is 2. The van der Waals surface area contributed by atoms with Crippen LogP contribution in [0.3, 0.4) is 0 Å². The Bertz CT molecular complexity index is 923. The predicted octanol–water partition coefficient (Wildman–Crippen LogP) is 3.54. The number of anilines is 2. The Morgan fingerprint density at radius 2 is 1.60 bits per heavy atom. The van der Waals surface area contributed by atoms with Gasteiger partial charge in [-0.2, -0.15) is 0 Å². The van der Waals surface area contributed by atoms with E-state index in [1.807, 2.05) is 25.1 Å². The van der Waals surface area contributed by atoms with Crippen LogP contribution in [0.15, 0.2) is 66.7 Å². The van der Waals surface area contributed by atoms with Gasteiger partial charge in [0, 0.05) is 28.7 Å². The molecule has 3 rings (SSSR count). The number of rotatable bonds is 3. The minimum atomic E-state index is -0.721. The number of fused-ring (bicyclic) bond motifs is 1. The molecule has 2 amide bonds. The molecule has 0 aliphatic heterocycles. The Kier molecular flexibility index (Phi) is 4.66. The normalized spacial score (nSPS) is 10.4. The van der Waals surface area contributed by atoms with Crippen molar-refractivity contribution in [2.45, 2.75) is 6.92 Å². The largest absolute Gasteiger partial charge is 0.507 e. The van der Waals surface area contributed by atoms with Crippen molar-refractivity contribution in [2.24, 2.45) is 0 Å². The minimum Gasteiger partial charge on any atom is -0.507 e. The Labute approximate surface area is 145 Å². The highest BCUT2D eigenvalue weighted by molar-refractivity contribution is 6.44. The second kappa shape index (κ2) is 7.05. The topological polar surface area (TPSA) is 69.6 Å². The first-order valence-corrected chi connectivity index (χ1v) is 8.00. The van der Waals surface area contributed by atoms with E-state index in [1.165, 1.54) is 4.90 Å². The molecule has 0 radical (unpaired) electrons. The highest BCUT2D eigenvalue weighted by atomic mass is 16.3. The molecule has 5 nitrogen and oxygen atoms in total. The summed E-state index contributed by atoms with van der Waals surface area (Å²) in [5.74, 6) is -1.23. The summed E-state index contributed by atoms with van der Waals surface area (Å²) in [5.41, 5.74) is 1.15. The molecule has 3 aromatic rings. The quantitative estimate of drug-likeness (QED) is 0.720. The van der Waals surface area contributed by atoms with E-state index in [0.29, 0.717) is 28.7 Å². The van der Waals surface area contributed by atoms with E-state index >= 15 is 0 Å². The number of nitrogens with zero attached hydrogens (tertiary/aromatic N) is 1. The number of hydrogen-bond acceptors (Lipinski definition) is 3.